The van der Waals surface area contributed by atoms with E-state index < -0.39 is 0 Å². The van der Waals surface area contributed by atoms with Gasteiger partial charge in [-0.2, -0.15) is 4.98 Å². The van der Waals surface area contributed by atoms with Gasteiger partial charge in [0.2, 0.25) is 4.80 Å². The zero-order chi connectivity index (χ0) is 12.3. The van der Waals surface area contributed by atoms with Gasteiger partial charge < -0.3 is 0 Å². The van der Waals surface area contributed by atoms with Crippen molar-refractivity contribution >= 4 is 40.6 Å². The van der Waals surface area contributed by atoms with E-state index in [4.69, 9.17) is 11.6 Å². The van der Waals surface area contributed by atoms with Crippen LogP contribution in [0.4, 0.5) is 5.69 Å². The second kappa shape index (κ2) is 5.71. The van der Waals surface area contributed by atoms with Crippen molar-refractivity contribution in [1.29, 1.82) is 0 Å². The van der Waals surface area contributed by atoms with E-state index in [-0.39, 0.29) is 0 Å². The van der Waals surface area contributed by atoms with Gasteiger partial charge in [-0.05, 0) is 41.6 Å². The van der Waals surface area contributed by atoms with E-state index in [9.17, 15) is 0 Å². The van der Waals surface area contributed by atoms with E-state index in [0.29, 0.717) is 0 Å². The fraction of sp³-hybridized carbons (Fsp3) is 0.273. The van der Waals surface area contributed by atoms with Gasteiger partial charge in [-0.1, -0.05) is 30.3 Å². The molecule has 1 aromatic carbocycles. The summed E-state index contributed by atoms with van der Waals surface area (Å²) in [7, 11) is 2.00. The monoisotopic (exact) mass is 285 g/mol. The molecule has 90 valence electrons. The van der Waals surface area contributed by atoms with Gasteiger partial charge in [0, 0.05) is 12.1 Å². The van der Waals surface area contributed by atoms with Crippen molar-refractivity contribution in [1.82, 2.24) is 8.94 Å². The zero-order valence-corrected chi connectivity index (χ0v) is 11.9. The van der Waals surface area contributed by atoms with Crippen LogP contribution in [0.5, 0.6) is 0 Å². The van der Waals surface area contributed by atoms with Crippen molar-refractivity contribution < 1.29 is 0 Å². The predicted molar refractivity (Wildman–Crippen MR) is 74.2 cm³/mol. The lowest BCUT2D eigenvalue weighted by Gasteiger charge is -1.93. The molecule has 0 atom stereocenters. The average Bonchev–Trinajstić information content (AvgIpc) is 2.63. The Morgan fingerprint density at radius 2 is 2.12 bits per heavy atom. The first-order valence-electron chi connectivity index (χ1n) is 5.16. The van der Waals surface area contributed by atoms with E-state index in [1.807, 2.05) is 35.3 Å². The maximum Gasteiger partial charge on any atom is 0.228 e. The van der Waals surface area contributed by atoms with E-state index in [1.165, 1.54) is 11.5 Å². The standard InChI is InChI=1S/C11H12ClN3S2/c1-3-16-11-14-10(17-15(11)2)13-9-6-4-8(12)5-7-9/h4-7H,3H2,1-2H3. The number of benzene rings is 1. The van der Waals surface area contributed by atoms with E-state index in [2.05, 4.69) is 16.9 Å². The third-order valence-electron chi connectivity index (χ3n) is 2.00. The van der Waals surface area contributed by atoms with Crippen LogP contribution in [0.25, 0.3) is 0 Å². The maximum atomic E-state index is 5.82. The smallest absolute Gasteiger partial charge is 0.228 e. The Morgan fingerprint density at radius 1 is 1.41 bits per heavy atom. The van der Waals surface area contributed by atoms with Crippen LogP contribution in [0.1, 0.15) is 6.92 Å². The molecule has 0 radical (unpaired) electrons. The molecule has 1 aromatic heterocycles. The van der Waals surface area contributed by atoms with Gasteiger partial charge in [0.15, 0.2) is 5.16 Å². The van der Waals surface area contributed by atoms with Crippen LogP contribution in [0.2, 0.25) is 5.02 Å². The van der Waals surface area contributed by atoms with Crippen LogP contribution >= 0.6 is 34.9 Å². The van der Waals surface area contributed by atoms with Crippen LogP contribution in [-0.4, -0.2) is 14.7 Å². The van der Waals surface area contributed by atoms with Crippen molar-refractivity contribution in [2.75, 3.05) is 5.75 Å². The Balaban J connectivity index is 2.33. The number of rotatable bonds is 3. The topological polar surface area (TPSA) is 30.2 Å². The molecule has 0 spiro atoms. The van der Waals surface area contributed by atoms with Crippen LogP contribution in [0.3, 0.4) is 0 Å². The number of nitrogens with zero attached hydrogens (tertiary/aromatic N) is 3. The summed E-state index contributed by atoms with van der Waals surface area (Å²) in [5, 5.41) is 1.72. The van der Waals surface area contributed by atoms with Gasteiger partial charge in [-0.25, -0.2) is 4.99 Å². The molecule has 0 aliphatic heterocycles. The molecule has 0 unspecified atom stereocenters. The molecule has 0 aliphatic carbocycles. The van der Waals surface area contributed by atoms with Crippen LogP contribution in [-0.2, 0) is 7.05 Å². The average molecular weight is 286 g/mol. The van der Waals surface area contributed by atoms with Crippen LogP contribution < -0.4 is 4.80 Å². The van der Waals surface area contributed by atoms with Crippen molar-refractivity contribution in [3.63, 3.8) is 0 Å². The van der Waals surface area contributed by atoms with Crippen LogP contribution in [0.15, 0.2) is 34.4 Å². The summed E-state index contributed by atoms with van der Waals surface area (Å²) in [5.41, 5.74) is 0.872. The third-order valence-corrected chi connectivity index (χ3v) is 4.08. The molecule has 2 aromatic rings. The summed E-state index contributed by atoms with van der Waals surface area (Å²) >= 11 is 9.08. The summed E-state index contributed by atoms with van der Waals surface area (Å²) in [6.07, 6.45) is 0. The van der Waals surface area contributed by atoms with Gasteiger partial charge in [0.05, 0.1) is 5.69 Å². The highest BCUT2D eigenvalue weighted by Gasteiger charge is 2.01. The summed E-state index contributed by atoms with van der Waals surface area (Å²) in [6.45, 7) is 2.11. The molecule has 0 amide bonds. The van der Waals surface area contributed by atoms with Crippen molar-refractivity contribution in [3.8, 4) is 0 Å². The van der Waals surface area contributed by atoms with E-state index >= 15 is 0 Å². The lowest BCUT2D eigenvalue weighted by molar-refractivity contribution is 0.840. The lowest BCUT2D eigenvalue weighted by atomic mass is 10.3. The molecule has 2 rings (SSSR count). The van der Waals surface area contributed by atoms with Gasteiger partial charge in [-0.3, -0.25) is 3.96 Å². The molecule has 1 heterocycles. The first kappa shape index (κ1) is 12.7. The Hall–Kier alpha value is -0.780. The highest BCUT2D eigenvalue weighted by atomic mass is 35.5. The zero-order valence-electron chi connectivity index (χ0n) is 9.55. The number of hydrogen-bond donors (Lipinski definition) is 0. The van der Waals surface area contributed by atoms with Gasteiger partial charge in [0.25, 0.3) is 0 Å². The molecule has 0 saturated heterocycles. The maximum absolute atomic E-state index is 5.82. The molecule has 0 aliphatic rings. The minimum atomic E-state index is 0.718. The lowest BCUT2D eigenvalue weighted by Crippen LogP contribution is -1.96. The summed E-state index contributed by atoms with van der Waals surface area (Å²) in [6, 6.07) is 7.43. The summed E-state index contributed by atoms with van der Waals surface area (Å²) in [4.78, 5) is 9.69. The Bertz CT molecular complexity index is 557. The Labute approximate surface area is 113 Å². The molecular formula is C11H12ClN3S2. The second-order valence-corrected chi connectivity index (χ2v) is 6.05. The predicted octanol–water partition coefficient (Wildman–Crippen LogP) is 3.48. The minimum absolute atomic E-state index is 0.718. The fourth-order valence-electron chi connectivity index (χ4n) is 1.26. The first-order valence-corrected chi connectivity index (χ1v) is 7.30. The SMILES string of the molecule is CCSc1nc(=Nc2ccc(Cl)cc2)sn1C. The number of aromatic nitrogens is 2. The highest BCUT2D eigenvalue weighted by Crippen LogP contribution is 2.17. The molecule has 6 heteroatoms. The largest absolute Gasteiger partial charge is 0.276 e. The summed E-state index contributed by atoms with van der Waals surface area (Å²) < 4.78 is 2.03. The molecule has 0 saturated carbocycles. The Morgan fingerprint density at radius 3 is 2.76 bits per heavy atom. The molecule has 0 fully saturated rings. The van der Waals surface area contributed by atoms with Gasteiger partial charge in [-0.15, -0.1) is 0 Å². The molecule has 3 nitrogen and oxygen atoms in total. The Kier molecular flexibility index (Phi) is 4.25. The van der Waals surface area contributed by atoms with Crippen molar-refractivity contribution in [3.05, 3.63) is 34.1 Å². The number of hydrogen-bond acceptors (Lipinski definition) is 4. The second-order valence-electron chi connectivity index (χ2n) is 3.29. The fourth-order valence-corrected chi connectivity index (χ4v) is 2.94. The number of halogens is 1. The van der Waals surface area contributed by atoms with Crippen molar-refractivity contribution in [2.45, 2.75) is 12.1 Å². The number of aryl methyl sites for hydroxylation is 1. The molecule has 0 bridgehead atoms. The molecule has 17 heavy (non-hydrogen) atoms. The van der Waals surface area contributed by atoms with Crippen LogP contribution in [0, 0.1) is 0 Å². The van der Waals surface area contributed by atoms with E-state index in [1.54, 1.807) is 11.8 Å². The van der Waals surface area contributed by atoms with Gasteiger partial charge >= 0.3 is 0 Å². The first-order chi connectivity index (χ1) is 8.19. The number of thioether (sulfide) groups is 1. The third kappa shape index (κ3) is 3.34. The van der Waals surface area contributed by atoms with Crippen molar-refractivity contribution in [2.24, 2.45) is 12.0 Å². The molecule has 0 N–H and O–H groups in total. The minimum Gasteiger partial charge on any atom is -0.276 e. The quantitative estimate of drug-likeness (QED) is 0.808. The summed E-state index contributed by atoms with van der Waals surface area (Å²) in [5.74, 6) is 1.01. The molecular weight excluding hydrogens is 274 g/mol. The highest BCUT2D eigenvalue weighted by molar-refractivity contribution is 7.99. The normalized spacial score (nSPS) is 12.1. The van der Waals surface area contributed by atoms with Gasteiger partial charge in [0.1, 0.15) is 0 Å². The van der Waals surface area contributed by atoms with E-state index in [0.717, 1.165) is 26.4 Å².